The lowest BCUT2D eigenvalue weighted by Crippen LogP contribution is -1.89. The van der Waals surface area contributed by atoms with E-state index in [-0.39, 0.29) is 0 Å². The highest BCUT2D eigenvalue weighted by Crippen LogP contribution is 1.66. The Morgan fingerprint density at radius 3 is 0.0706 bits per heavy atom. The zero-order valence-corrected chi connectivity index (χ0v) is 49.9. The van der Waals surface area contributed by atoms with Crippen molar-refractivity contribution in [3.05, 3.63) is 0 Å². The molecule has 0 radical (unpaired) electrons. The topological polar surface area (TPSA) is 1270 Å². The molecule has 0 unspecified atom stereocenters. The van der Waals surface area contributed by atoms with Crippen molar-refractivity contribution < 1.29 is 298 Å². The van der Waals surface area contributed by atoms with Gasteiger partial charge in [-0.05, 0) is 0 Å². The summed E-state index contributed by atoms with van der Waals surface area (Å²) in [6.07, 6.45) is 0. The average molecular weight is 1670 g/mol. The molecule has 0 aliphatic carbocycles. The molecule has 0 spiro atoms. The van der Waals surface area contributed by atoms with Gasteiger partial charge in [0.1, 0.15) is 0 Å². The van der Waals surface area contributed by atoms with Crippen LogP contribution in [0.3, 0.4) is 0 Å². The molecule has 0 aliphatic rings. The SMILES string of the molecule is O=S(=O)(O)O.O=S(=O)(O)O.O=S(=O)(O)O.O=S(=O)(O)O.O=S(=O)(O)O.O=S(=O)(O)O.O=S(=O)(O)O.O=S(=O)(O)O.O=S(=O)(O)O.O=S(=O)(O)O.O=S(=O)(O)O.O=S(=O)(O)O.O=S(=O)(O)O.O=S(=O)(O)O.O=S(=O)(O)O.O=S(=O)(O)O.O=S(=O)(O)O. The second-order valence-electron chi connectivity index (χ2n) is 7.61. The molecule has 0 saturated heterocycles. The molecule has 0 aliphatic heterocycles. The maximum absolute atomic E-state index is 8.74. The molecule has 0 fully saturated rings. The highest BCUT2D eigenvalue weighted by molar-refractivity contribution is 7.83. The third kappa shape index (κ3) is 107000. The quantitative estimate of drug-likeness (QED) is 0.100. The molecule has 85 heteroatoms. The molecule has 0 aromatic heterocycles. The molecule has 85 heavy (non-hydrogen) atoms. The van der Waals surface area contributed by atoms with E-state index in [0.29, 0.717) is 0 Å². The second-order valence-corrected chi connectivity index (χ2v) is 22.8. The third-order valence-corrected chi connectivity index (χ3v) is 0. The fourth-order valence-electron chi connectivity index (χ4n) is 0. The van der Waals surface area contributed by atoms with Crippen molar-refractivity contribution >= 4 is 177 Å². The first-order valence-electron chi connectivity index (χ1n) is 11.9. The van der Waals surface area contributed by atoms with Gasteiger partial charge in [-0.2, -0.15) is 143 Å². The maximum atomic E-state index is 8.74. The molecule has 0 atom stereocenters. The van der Waals surface area contributed by atoms with Crippen LogP contribution < -0.4 is 0 Å². The zero-order chi connectivity index (χ0) is 76.5. The van der Waals surface area contributed by atoms with E-state index in [2.05, 4.69) is 0 Å². The molecule has 0 heterocycles. The first kappa shape index (κ1) is 128. The van der Waals surface area contributed by atoms with Crippen molar-refractivity contribution in [2.45, 2.75) is 0 Å². The number of hydrogen-bond donors (Lipinski definition) is 34. The van der Waals surface area contributed by atoms with Crippen LogP contribution in [0.15, 0.2) is 0 Å². The van der Waals surface area contributed by atoms with Crippen LogP contribution in [0.1, 0.15) is 0 Å². The van der Waals surface area contributed by atoms with Gasteiger partial charge in [-0.15, -0.1) is 0 Å². The molecule has 0 bridgehead atoms. The van der Waals surface area contributed by atoms with Crippen molar-refractivity contribution in [2.75, 3.05) is 0 Å². The summed E-state index contributed by atoms with van der Waals surface area (Å²) in [5, 5.41) is 0. The Balaban J connectivity index is -0.0000000385. The van der Waals surface area contributed by atoms with E-state index in [9.17, 15) is 0 Å². The minimum Gasteiger partial charge on any atom is -0.264 e. The summed E-state index contributed by atoms with van der Waals surface area (Å²) in [4.78, 5) is 0. The minimum atomic E-state index is -4.67. The Hall–Kier alpha value is -2.21. The summed E-state index contributed by atoms with van der Waals surface area (Å²) in [5.74, 6) is 0. The van der Waals surface area contributed by atoms with Crippen LogP contribution in [0, 0.1) is 0 Å². The van der Waals surface area contributed by atoms with Gasteiger partial charge in [0.2, 0.25) is 0 Å². The summed E-state index contributed by atoms with van der Waals surface area (Å²) in [6, 6.07) is 0. The smallest absolute Gasteiger partial charge is 0.264 e. The van der Waals surface area contributed by atoms with E-state index < -0.39 is 177 Å². The van der Waals surface area contributed by atoms with Crippen LogP contribution in [0.5, 0.6) is 0 Å². The summed E-state index contributed by atoms with van der Waals surface area (Å²) < 4.78 is 537. The summed E-state index contributed by atoms with van der Waals surface area (Å²) >= 11 is 0. The van der Waals surface area contributed by atoms with Gasteiger partial charge < -0.3 is 0 Å². The first-order chi connectivity index (χ1) is 34.0. The highest BCUT2D eigenvalue weighted by atomic mass is 32.3. The van der Waals surface area contributed by atoms with Gasteiger partial charge in [0.05, 0.1) is 0 Å². The van der Waals surface area contributed by atoms with E-state index in [1.165, 1.54) is 0 Å². The van der Waals surface area contributed by atoms with E-state index in [4.69, 9.17) is 298 Å². The van der Waals surface area contributed by atoms with Crippen LogP contribution in [-0.2, 0) is 177 Å². The zero-order valence-electron chi connectivity index (χ0n) is 36.0. The van der Waals surface area contributed by atoms with Gasteiger partial charge in [-0.3, -0.25) is 155 Å². The molecule has 34 N–H and O–H groups in total. The van der Waals surface area contributed by atoms with Gasteiger partial charge in [0.15, 0.2) is 0 Å². The Kier molecular flexibility index (Phi) is 80.7. The lowest BCUT2D eigenvalue weighted by molar-refractivity contribution is 0.378. The van der Waals surface area contributed by atoms with Crippen molar-refractivity contribution in [2.24, 2.45) is 0 Å². The molecule has 544 valence electrons. The Morgan fingerprint density at radius 2 is 0.0706 bits per heavy atom. The van der Waals surface area contributed by atoms with Gasteiger partial charge in [0.25, 0.3) is 0 Å². The maximum Gasteiger partial charge on any atom is 0.394 e. The molecule has 0 aromatic rings. The van der Waals surface area contributed by atoms with Crippen molar-refractivity contribution in [3.63, 3.8) is 0 Å². The van der Waals surface area contributed by atoms with Crippen LogP contribution >= 0.6 is 0 Å². The molecule has 0 amide bonds. The van der Waals surface area contributed by atoms with Crippen LogP contribution in [0.2, 0.25) is 0 Å². The van der Waals surface area contributed by atoms with Crippen LogP contribution in [-0.4, -0.2) is 298 Å². The largest absolute Gasteiger partial charge is 0.394 e. The Morgan fingerprint density at radius 1 is 0.0706 bits per heavy atom. The molecule has 0 rings (SSSR count). The highest BCUT2D eigenvalue weighted by Gasteiger charge is 1.91. The van der Waals surface area contributed by atoms with E-state index in [1.54, 1.807) is 0 Å². The fraction of sp³-hybridized carbons (Fsp3) is 0. The van der Waals surface area contributed by atoms with E-state index in [0.717, 1.165) is 0 Å². The second kappa shape index (κ2) is 53.6. The molecule has 0 aromatic carbocycles. The van der Waals surface area contributed by atoms with Gasteiger partial charge in [0, 0.05) is 0 Å². The minimum absolute atomic E-state index is 4.67. The van der Waals surface area contributed by atoms with Crippen LogP contribution in [0.4, 0.5) is 0 Å². The van der Waals surface area contributed by atoms with Gasteiger partial charge in [-0.1, -0.05) is 0 Å². The Bertz CT molecular complexity index is 2520. The predicted molar refractivity (Wildman–Crippen MR) is 241 cm³/mol. The number of rotatable bonds is 0. The molecular weight excluding hydrogens is 1630 g/mol. The van der Waals surface area contributed by atoms with Gasteiger partial charge >= 0.3 is 177 Å². The Labute approximate surface area is 471 Å². The molecule has 68 nitrogen and oxygen atoms in total. The standard InChI is InChI=1S/17H2O4S/c17*1-5(2,3)4/h17*(H2,1,2,3,4). The van der Waals surface area contributed by atoms with Crippen molar-refractivity contribution in [1.82, 2.24) is 0 Å². The molecule has 0 saturated carbocycles. The van der Waals surface area contributed by atoms with Crippen LogP contribution in [0.25, 0.3) is 0 Å². The van der Waals surface area contributed by atoms with Gasteiger partial charge in [-0.25, -0.2) is 0 Å². The van der Waals surface area contributed by atoms with Crippen molar-refractivity contribution in [3.8, 4) is 0 Å². The van der Waals surface area contributed by atoms with E-state index in [1.807, 2.05) is 0 Å². The number of hydrogen-bond acceptors (Lipinski definition) is 34. The van der Waals surface area contributed by atoms with E-state index >= 15 is 0 Å². The monoisotopic (exact) mass is 1670 g/mol. The fourth-order valence-corrected chi connectivity index (χ4v) is 0. The predicted octanol–water partition coefficient (Wildman–Crippen LogP) is -11.1. The third-order valence-electron chi connectivity index (χ3n) is 0. The summed E-state index contributed by atoms with van der Waals surface area (Å²) in [6.45, 7) is 0. The summed E-state index contributed by atoms with van der Waals surface area (Å²) in [5.41, 5.74) is 0. The lowest BCUT2D eigenvalue weighted by Gasteiger charge is -1.68. The normalized spacial score (nSPS) is 11.6. The first-order valence-corrected chi connectivity index (χ1v) is 35.6. The van der Waals surface area contributed by atoms with Crippen molar-refractivity contribution in [1.29, 1.82) is 0 Å². The average Bonchev–Trinajstić information content (AvgIpc) is 2.75. The summed E-state index contributed by atoms with van der Waals surface area (Å²) in [7, 11) is -79.3. The lowest BCUT2D eigenvalue weighted by atomic mass is 15.8. The molecular formula is H34O68S17.